The summed E-state index contributed by atoms with van der Waals surface area (Å²) < 4.78 is 24.5. The maximum absolute atomic E-state index is 12.9. The number of hydrogen-bond donors (Lipinski definition) is 1. The second-order valence-corrected chi connectivity index (χ2v) is 8.34. The van der Waals surface area contributed by atoms with Gasteiger partial charge < -0.3 is 18.9 Å². The summed E-state index contributed by atoms with van der Waals surface area (Å²) in [5.41, 5.74) is 4.00. The first-order chi connectivity index (χ1) is 17.5. The van der Waals surface area contributed by atoms with Crippen molar-refractivity contribution in [2.24, 2.45) is 0 Å². The number of hydrogen-bond acceptors (Lipinski definition) is 7. The molecule has 0 radical (unpaired) electrons. The molecule has 1 N–H and O–H groups in total. The first kappa shape index (κ1) is 23.2. The molecule has 2 aromatic heterocycles. The minimum Gasteiger partial charge on any atom is -0.497 e. The van der Waals surface area contributed by atoms with E-state index in [0.29, 0.717) is 46.4 Å². The maximum atomic E-state index is 12.9. The lowest BCUT2D eigenvalue weighted by molar-refractivity contribution is 0.0332. The van der Waals surface area contributed by atoms with E-state index < -0.39 is 18.3 Å². The molecule has 5 rings (SSSR count). The summed E-state index contributed by atoms with van der Waals surface area (Å²) in [5, 5.41) is 2.75. The molecule has 1 amide bonds. The number of aromatic nitrogens is 2. The number of fused-ring (bicyclic) bond motifs is 2. The number of aldehydes is 1. The number of anilines is 1. The van der Waals surface area contributed by atoms with Crippen molar-refractivity contribution in [3.8, 4) is 17.2 Å². The van der Waals surface area contributed by atoms with Crippen molar-refractivity contribution in [3.63, 3.8) is 0 Å². The van der Waals surface area contributed by atoms with Gasteiger partial charge in [0.1, 0.15) is 23.3 Å². The number of pyridine rings is 1. The van der Waals surface area contributed by atoms with Gasteiger partial charge in [0.25, 0.3) is 0 Å². The number of imidazole rings is 1. The molecule has 2 atom stereocenters. The van der Waals surface area contributed by atoms with E-state index in [1.807, 2.05) is 24.3 Å². The van der Waals surface area contributed by atoms with Gasteiger partial charge in [0.2, 0.25) is 0 Å². The Kier molecular flexibility index (Phi) is 6.20. The summed E-state index contributed by atoms with van der Waals surface area (Å²) in [6, 6.07) is 16.5. The Morgan fingerprint density at radius 1 is 1.08 bits per heavy atom. The molecule has 0 saturated heterocycles. The second kappa shape index (κ2) is 9.61. The zero-order chi connectivity index (χ0) is 25.2. The average molecular weight is 488 g/mol. The molecule has 9 nitrogen and oxygen atoms in total. The smallest absolute Gasteiger partial charge is 0.412 e. The topological polar surface area (TPSA) is 100 Å². The zero-order valence-corrected chi connectivity index (χ0v) is 20.1. The molecule has 184 valence electrons. The first-order valence-electron chi connectivity index (χ1n) is 11.4. The normalized spacial score (nSPS) is 16.3. The third kappa shape index (κ3) is 4.19. The monoisotopic (exact) mass is 487 g/mol. The number of ether oxygens (including phenoxy) is 4. The van der Waals surface area contributed by atoms with Crippen molar-refractivity contribution in [3.05, 3.63) is 83.3 Å². The van der Waals surface area contributed by atoms with Gasteiger partial charge >= 0.3 is 6.09 Å². The first-order valence-corrected chi connectivity index (χ1v) is 11.4. The highest BCUT2D eigenvalue weighted by molar-refractivity contribution is 5.87. The van der Waals surface area contributed by atoms with E-state index in [-0.39, 0.29) is 0 Å². The third-order valence-electron chi connectivity index (χ3n) is 6.22. The van der Waals surface area contributed by atoms with Crippen LogP contribution in [0.5, 0.6) is 17.2 Å². The highest BCUT2D eigenvalue weighted by Gasteiger charge is 2.37. The van der Waals surface area contributed by atoms with Crippen molar-refractivity contribution < 1.29 is 28.5 Å². The van der Waals surface area contributed by atoms with Crippen molar-refractivity contribution >= 4 is 23.7 Å². The zero-order valence-electron chi connectivity index (χ0n) is 20.1. The van der Waals surface area contributed by atoms with Crippen molar-refractivity contribution in [2.45, 2.75) is 25.6 Å². The van der Waals surface area contributed by atoms with Crippen LogP contribution in [0.25, 0.3) is 5.65 Å². The number of carbonyl (C=O) groups is 2. The van der Waals surface area contributed by atoms with E-state index in [4.69, 9.17) is 18.9 Å². The summed E-state index contributed by atoms with van der Waals surface area (Å²) in [6.07, 6.45) is 1.24. The summed E-state index contributed by atoms with van der Waals surface area (Å²) in [7, 11) is 3.07. The van der Waals surface area contributed by atoms with Crippen LogP contribution in [0, 0.1) is 6.92 Å². The number of amides is 1. The number of rotatable bonds is 7. The van der Waals surface area contributed by atoms with Gasteiger partial charge in [-0.15, -0.1) is 0 Å². The van der Waals surface area contributed by atoms with E-state index in [1.165, 1.54) is 7.11 Å². The number of nitrogens with zero attached hydrogens (tertiary/aromatic N) is 2. The molecule has 2 heterocycles. The van der Waals surface area contributed by atoms with Crippen molar-refractivity contribution in [2.75, 3.05) is 19.5 Å². The minimum absolute atomic E-state index is 0.446. The predicted molar refractivity (Wildman–Crippen MR) is 132 cm³/mol. The van der Waals surface area contributed by atoms with E-state index in [0.717, 1.165) is 17.4 Å². The Balaban J connectivity index is 1.41. The number of nitrogens with one attached hydrogen (secondary N) is 1. The SMILES string of the molecule is COc1ccc(NC(=O)OC2Cc3ccccc3C2Oc2cccn3c(C=O)c(C)nc23)c(OC)c1. The fourth-order valence-electron chi connectivity index (χ4n) is 4.49. The van der Waals surface area contributed by atoms with Crippen molar-refractivity contribution in [1.82, 2.24) is 9.38 Å². The lowest BCUT2D eigenvalue weighted by Gasteiger charge is -2.23. The quantitative estimate of drug-likeness (QED) is 0.375. The predicted octanol–water partition coefficient (Wildman–Crippen LogP) is 4.77. The molecule has 2 unspecified atom stereocenters. The Morgan fingerprint density at radius 3 is 2.69 bits per heavy atom. The van der Waals surface area contributed by atoms with Crippen LogP contribution in [0.1, 0.15) is 33.4 Å². The maximum Gasteiger partial charge on any atom is 0.412 e. The van der Waals surface area contributed by atoms with E-state index in [2.05, 4.69) is 10.3 Å². The molecular weight excluding hydrogens is 462 g/mol. The number of carbonyl (C=O) groups excluding carboxylic acids is 2. The highest BCUT2D eigenvalue weighted by atomic mass is 16.6. The standard InChI is InChI=1S/C27H25N3O6/c1-16-21(15-31)30-12-6-9-22(26(30)28-16)35-25-19-8-5-4-7-17(19)13-24(25)36-27(32)29-20-11-10-18(33-2)14-23(20)34-3/h4-12,14-15,24-25H,13H2,1-3H3,(H,29,32). The summed E-state index contributed by atoms with van der Waals surface area (Å²) in [4.78, 5) is 29.0. The van der Waals surface area contributed by atoms with E-state index in [1.54, 1.807) is 55.0 Å². The van der Waals surface area contributed by atoms with Crippen LogP contribution in [0.3, 0.4) is 0 Å². The molecule has 0 fully saturated rings. The molecule has 0 aliphatic heterocycles. The molecule has 4 aromatic rings. The number of methoxy groups -OCH3 is 2. The molecule has 0 saturated carbocycles. The average Bonchev–Trinajstić information content (AvgIpc) is 3.40. The van der Waals surface area contributed by atoms with Gasteiger partial charge in [0.05, 0.1) is 25.6 Å². The van der Waals surface area contributed by atoms with Gasteiger partial charge in [0, 0.05) is 18.7 Å². The van der Waals surface area contributed by atoms with Crippen LogP contribution in [-0.4, -0.2) is 42.1 Å². The fraction of sp³-hybridized carbons (Fsp3) is 0.222. The Bertz CT molecular complexity index is 1450. The summed E-state index contributed by atoms with van der Waals surface area (Å²) in [6.45, 7) is 1.77. The van der Waals surface area contributed by atoms with Gasteiger partial charge in [-0.3, -0.25) is 14.5 Å². The summed E-state index contributed by atoms with van der Waals surface area (Å²) >= 11 is 0. The molecule has 36 heavy (non-hydrogen) atoms. The molecule has 2 aromatic carbocycles. The van der Waals surface area contributed by atoms with Gasteiger partial charge in [-0.1, -0.05) is 24.3 Å². The van der Waals surface area contributed by atoms with Crippen LogP contribution < -0.4 is 19.5 Å². The Morgan fingerprint density at radius 2 is 1.92 bits per heavy atom. The Labute approximate surface area is 207 Å². The van der Waals surface area contributed by atoms with Crippen LogP contribution in [0.15, 0.2) is 60.8 Å². The lowest BCUT2D eigenvalue weighted by Crippen LogP contribution is -2.28. The number of aryl methyl sites for hydroxylation is 1. The van der Waals surface area contributed by atoms with Crippen molar-refractivity contribution in [1.29, 1.82) is 0 Å². The second-order valence-electron chi connectivity index (χ2n) is 8.34. The largest absolute Gasteiger partial charge is 0.497 e. The lowest BCUT2D eigenvalue weighted by atomic mass is 10.1. The molecule has 0 bridgehead atoms. The van der Waals surface area contributed by atoms with Gasteiger partial charge in [-0.2, -0.15) is 0 Å². The molecule has 0 spiro atoms. The Hall–Kier alpha value is -4.53. The van der Waals surface area contributed by atoms with Crippen LogP contribution >= 0.6 is 0 Å². The molecule has 1 aliphatic rings. The van der Waals surface area contributed by atoms with Crippen LogP contribution in [0.2, 0.25) is 0 Å². The van der Waals surface area contributed by atoms with Gasteiger partial charge in [-0.05, 0) is 42.3 Å². The molecular formula is C27H25N3O6. The third-order valence-corrected chi connectivity index (χ3v) is 6.22. The minimum atomic E-state index is -0.636. The van der Waals surface area contributed by atoms with E-state index >= 15 is 0 Å². The fourth-order valence-corrected chi connectivity index (χ4v) is 4.49. The van der Waals surface area contributed by atoms with Gasteiger partial charge in [-0.25, -0.2) is 9.78 Å². The summed E-state index contributed by atoms with van der Waals surface area (Å²) in [5.74, 6) is 1.54. The van der Waals surface area contributed by atoms with Crippen LogP contribution in [0.4, 0.5) is 10.5 Å². The highest BCUT2D eigenvalue weighted by Crippen LogP contribution is 2.38. The molecule has 9 heteroatoms. The number of benzene rings is 2. The van der Waals surface area contributed by atoms with Crippen LogP contribution in [-0.2, 0) is 11.2 Å². The molecule has 1 aliphatic carbocycles. The van der Waals surface area contributed by atoms with E-state index in [9.17, 15) is 9.59 Å². The van der Waals surface area contributed by atoms with Gasteiger partial charge in [0.15, 0.2) is 23.8 Å².